The largest absolute Gasteiger partial charge is 0.326 e. The topological polar surface area (TPSA) is 48.0 Å². The number of benzene rings is 1. The van der Waals surface area contributed by atoms with Crippen molar-refractivity contribution in [3.05, 3.63) is 45.7 Å². The average Bonchev–Trinajstić information content (AvgIpc) is 2.25. The first-order valence-electron chi connectivity index (χ1n) is 4.93. The Morgan fingerprint density at radius 1 is 1.33 bits per heavy atom. The van der Waals surface area contributed by atoms with Crippen molar-refractivity contribution in [3.63, 3.8) is 0 Å². The Labute approximate surface area is 88.1 Å². The smallest absolute Gasteiger partial charge is 0.251 e. The minimum absolute atomic E-state index is 0.0282. The van der Waals surface area contributed by atoms with Gasteiger partial charge in [0.1, 0.15) is 0 Å². The van der Waals surface area contributed by atoms with Crippen molar-refractivity contribution < 1.29 is 0 Å². The van der Waals surface area contributed by atoms with Gasteiger partial charge in [0.15, 0.2) is 0 Å². The fraction of sp³-hybridized carbons (Fsp3) is 0.250. The number of hydrogen-bond acceptors (Lipinski definition) is 2. The highest BCUT2D eigenvalue weighted by molar-refractivity contribution is 5.83. The van der Waals surface area contributed by atoms with Crippen LogP contribution >= 0.6 is 0 Å². The molecule has 78 valence electrons. The molecule has 0 fully saturated rings. The van der Waals surface area contributed by atoms with Gasteiger partial charge in [0.25, 0.3) is 5.56 Å². The summed E-state index contributed by atoms with van der Waals surface area (Å²) >= 11 is 0. The maximum absolute atomic E-state index is 11.5. The van der Waals surface area contributed by atoms with Crippen LogP contribution in [-0.4, -0.2) is 4.57 Å². The van der Waals surface area contributed by atoms with E-state index in [1.807, 2.05) is 25.1 Å². The molecule has 0 atom stereocenters. The van der Waals surface area contributed by atoms with E-state index in [0.29, 0.717) is 6.54 Å². The molecule has 0 saturated carbocycles. The lowest BCUT2D eigenvalue weighted by Gasteiger charge is -2.08. The van der Waals surface area contributed by atoms with Gasteiger partial charge in [0, 0.05) is 25.0 Å². The van der Waals surface area contributed by atoms with Gasteiger partial charge in [-0.15, -0.1) is 0 Å². The van der Waals surface area contributed by atoms with Crippen LogP contribution in [-0.2, 0) is 13.6 Å². The zero-order valence-electron chi connectivity index (χ0n) is 8.95. The van der Waals surface area contributed by atoms with Gasteiger partial charge < -0.3 is 10.3 Å². The zero-order chi connectivity index (χ0) is 11.0. The molecule has 1 heterocycles. The SMILES string of the molecule is Cc1cc(=O)n(C)c2ccc(CN)cc12. The second-order valence-corrected chi connectivity index (χ2v) is 3.78. The molecule has 3 nitrogen and oxygen atoms in total. The molecule has 15 heavy (non-hydrogen) atoms. The van der Waals surface area contributed by atoms with Crippen LogP contribution in [0.5, 0.6) is 0 Å². The summed E-state index contributed by atoms with van der Waals surface area (Å²) in [6.45, 7) is 2.47. The third-order valence-electron chi connectivity index (χ3n) is 2.75. The Kier molecular flexibility index (Phi) is 2.32. The monoisotopic (exact) mass is 202 g/mol. The van der Waals surface area contributed by atoms with Crippen molar-refractivity contribution in [1.82, 2.24) is 4.57 Å². The maximum atomic E-state index is 11.5. The summed E-state index contributed by atoms with van der Waals surface area (Å²) in [5, 5.41) is 1.10. The number of hydrogen-bond donors (Lipinski definition) is 1. The molecule has 0 spiro atoms. The predicted molar refractivity (Wildman–Crippen MR) is 61.8 cm³/mol. The molecule has 2 rings (SSSR count). The van der Waals surface area contributed by atoms with E-state index in [1.165, 1.54) is 0 Å². The fourth-order valence-corrected chi connectivity index (χ4v) is 1.80. The van der Waals surface area contributed by atoms with Gasteiger partial charge in [0.05, 0.1) is 5.52 Å². The Balaban J connectivity index is 2.90. The summed E-state index contributed by atoms with van der Waals surface area (Å²) in [6, 6.07) is 7.61. The molecule has 2 N–H and O–H groups in total. The third kappa shape index (κ3) is 1.55. The summed E-state index contributed by atoms with van der Waals surface area (Å²) in [5.41, 5.74) is 8.66. The van der Waals surface area contributed by atoms with Crippen molar-refractivity contribution >= 4 is 10.9 Å². The second-order valence-electron chi connectivity index (χ2n) is 3.78. The third-order valence-corrected chi connectivity index (χ3v) is 2.75. The quantitative estimate of drug-likeness (QED) is 0.757. The maximum Gasteiger partial charge on any atom is 0.251 e. The number of aromatic nitrogens is 1. The van der Waals surface area contributed by atoms with Crippen molar-refractivity contribution in [2.75, 3.05) is 0 Å². The van der Waals surface area contributed by atoms with Gasteiger partial charge in [-0.05, 0) is 30.2 Å². The Morgan fingerprint density at radius 3 is 2.73 bits per heavy atom. The molecule has 0 aliphatic heterocycles. The predicted octanol–water partition coefficient (Wildman–Crippen LogP) is 1.31. The van der Waals surface area contributed by atoms with E-state index in [1.54, 1.807) is 17.7 Å². The second kappa shape index (κ2) is 3.51. The summed E-state index contributed by atoms with van der Waals surface area (Å²) in [7, 11) is 1.78. The van der Waals surface area contributed by atoms with Crippen molar-refractivity contribution in [3.8, 4) is 0 Å². The summed E-state index contributed by atoms with van der Waals surface area (Å²) in [4.78, 5) is 11.5. The van der Waals surface area contributed by atoms with Crippen molar-refractivity contribution in [2.24, 2.45) is 12.8 Å². The minimum atomic E-state index is 0.0282. The molecule has 0 aliphatic rings. The molecule has 0 aliphatic carbocycles. The first-order chi connectivity index (χ1) is 7.13. The van der Waals surface area contributed by atoms with Crippen LogP contribution in [0.4, 0.5) is 0 Å². The van der Waals surface area contributed by atoms with E-state index in [2.05, 4.69) is 0 Å². The first kappa shape index (κ1) is 9.93. The molecule has 0 unspecified atom stereocenters. The highest BCUT2D eigenvalue weighted by Crippen LogP contribution is 2.17. The van der Waals surface area contributed by atoms with Gasteiger partial charge in [0.2, 0.25) is 0 Å². The molecule has 0 bridgehead atoms. The van der Waals surface area contributed by atoms with Crippen molar-refractivity contribution in [2.45, 2.75) is 13.5 Å². The number of fused-ring (bicyclic) bond motifs is 1. The highest BCUT2D eigenvalue weighted by Gasteiger charge is 2.03. The van der Waals surface area contributed by atoms with Gasteiger partial charge >= 0.3 is 0 Å². The van der Waals surface area contributed by atoms with Crippen LogP contribution in [0.2, 0.25) is 0 Å². The lowest BCUT2D eigenvalue weighted by molar-refractivity contribution is 0.902. The van der Waals surface area contributed by atoms with Crippen LogP contribution in [0.3, 0.4) is 0 Å². The zero-order valence-corrected chi connectivity index (χ0v) is 8.95. The lowest BCUT2D eigenvalue weighted by atomic mass is 10.1. The fourth-order valence-electron chi connectivity index (χ4n) is 1.80. The van der Waals surface area contributed by atoms with Gasteiger partial charge in [-0.25, -0.2) is 0 Å². The van der Waals surface area contributed by atoms with Crippen LogP contribution in [0.1, 0.15) is 11.1 Å². The summed E-state index contributed by atoms with van der Waals surface area (Å²) < 4.78 is 1.66. The molecule has 0 radical (unpaired) electrons. The van der Waals surface area contributed by atoms with E-state index >= 15 is 0 Å². The molecule has 0 amide bonds. The molecular formula is C12H14N2O. The standard InChI is InChI=1S/C12H14N2O/c1-8-5-12(15)14(2)11-4-3-9(7-13)6-10(8)11/h3-6H,7,13H2,1-2H3. The Bertz CT molecular complexity index is 570. The molecule has 1 aromatic carbocycles. The first-order valence-corrected chi connectivity index (χ1v) is 4.93. The minimum Gasteiger partial charge on any atom is -0.326 e. The Hall–Kier alpha value is -1.61. The van der Waals surface area contributed by atoms with Crippen LogP contribution in [0.25, 0.3) is 10.9 Å². The molecule has 2 aromatic rings. The normalized spacial score (nSPS) is 10.9. The summed E-state index contributed by atoms with van der Waals surface area (Å²) in [5.74, 6) is 0. The highest BCUT2D eigenvalue weighted by atomic mass is 16.1. The average molecular weight is 202 g/mol. The number of pyridine rings is 1. The number of aryl methyl sites for hydroxylation is 2. The van der Waals surface area contributed by atoms with Crippen molar-refractivity contribution in [1.29, 1.82) is 0 Å². The Morgan fingerprint density at radius 2 is 2.07 bits per heavy atom. The van der Waals surface area contributed by atoms with Crippen LogP contribution in [0, 0.1) is 6.92 Å². The van der Waals surface area contributed by atoms with Gasteiger partial charge in [-0.3, -0.25) is 4.79 Å². The van der Waals surface area contributed by atoms with E-state index in [0.717, 1.165) is 22.0 Å². The molecular weight excluding hydrogens is 188 g/mol. The van der Waals surface area contributed by atoms with Gasteiger partial charge in [-0.1, -0.05) is 6.07 Å². The summed E-state index contributed by atoms with van der Waals surface area (Å²) in [6.07, 6.45) is 0. The number of nitrogens with zero attached hydrogens (tertiary/aromatic N) is 1. The van der Waals surface area contributed by atoms with E-state index < -0.39 is 0 Å². The lowest BCUT2D eigenvalue weighted by Crippen LogP contribution is -2.16. The van der Waals surface area contributed by atoms with E-state index in [4.69, 9.17) is 5.73 Å². The molecule has 1 aromatic heterocycles. The molecule has 0 saturated heterocycles. The van der Waals surface area contributed by atoms with Gasteiger partial charge in [-0.2, -0.15) is 0 Å². The van der Waals surface area contributed by atoms with Crippen LogP contribution < -0.4 is 11.3 Å². The molecule has 3 heteroatoms. The number of nitrogens with two attached hydrogens (primary N) is 1. The van der Waals surface area contributed by atoms with E-state index in [-0.39, 0.29) is 5.56 Å². The van der Waals surface area contributed by atoms with Crippen LogP contribution in [0.15, 0.2) is 29.1 Å². The van der Waals surface area contributed by atoms with E-state index in [9.17, 15) is 4.79 Å². The number of rotatable bonds is 1.